The number of benzene rings is 2. The van der Waals surface area contributed by atoms with E-state index in [0.717, 1.165) is 73.0 Å². The predicted molar refractivity (Wildman–Crippen MR) is 141 cm³/mol. The fourth-order valence-corrected chi connectivity index (χ4v) is 5.40. The van der Waals surface area contributed by atoms with Crippen molar-refractivity contribution in [1.82, 2.24) is 5.32 Å². The van der Waals surface area contributed by atoms with E-state index in [2.05, 4.69) is 10.6 Å². The van der Waals surface area contributed by atoms with Crippen LogP contribution in [0, 0.1) is 25.7 Å². The molecule has 188 valence electrons. The molecular weight excluding hydrogens is 452 g/mol. The number of ketones is 1. The van der Waals surface area contributed by atoms with Gasteiger partial charge >= 0.3 is 6.03 Å². The van der Waals surface area contributed by atoms with Gasteiger partial charge in [-0.1, -0.05) is 49.6 Å². The van der Waals surface area contributed by atoms with E-state index in [4.69, 9.17) is 4.99 Å². The highest BCUT2D eigenvalue weighted by Crippen LogP contribution is 2.39. The number of urea groups is 1. The number of aliphatic imine (C=N–C) groups is 1. The molecule has 1 atom stereocenters. The van der Waals surface area contributed by atoms with Crippen LogP contribution in [0.3, 0.4) is 0 Å². The lowest BCUT2D eigenvalue weighted by Crippen LogP contribution is -2.50. The predicted octanol–water partition coefficient (Wildman–Crippen LogP) is 5.15. The maximum absolute atomic E-state index is 13.9. The Kier molecular flexibility index (Phi) is 6.90. The number of nitrogens with zero attached hydrogens (tertiary/aromatic N) is 2. The molecule has 2 fully saturated rings. The highest BCUT2D eigenvalue weighted by molar-refractivity contribution is 6.16. The van der Waals surface area contributed by atoms with Crippen LogP contribution in [0.2, 0.25) is 0 Å². The van der Waals surface area contributed by atoms with Crippen molar-refractivity contribution in [3.05, 3.63) is 59.2 Å². The third-order valence-electron chi connectivity index (χ3n) is 7.43. The molecule has 3 aliphatic rings. The summed E-state index contributed by atoms with van der Waals surface area (Å²) >= 11 is 0. The minimum Gasteiger partial charge on any atom is -0.308 e. The number of aryl methyl sites for hydroxylation is 2. The molecule has 2 aliphatic carbocycles. The number of carbonyl (C=O) groups excluding carboxylic acids is 3. The maximum Gasteiger partial charge on any atom is 0.321 e. The van der Waals surface area contributed by atoms with Crippen LogP contribution in [-0.2, 0) is 9.59 Å². The van der Waals surface area contributed by atoms with E-state index in [1.807, 2.05) is 50.2 Å². The molecule has 7 nitrogen and oxygen atoms in total. The summed E-state index contributed by atoms with van der Waals surface area (Å²) in [4.78, 5) is 46.6. The molecule has 0 unspecified atom stereocenters. The quantitative estimate of drug-likeness (QED) is 0.592. The average molecular weight is 487 g/mol. The van der Waals surface area contributed by atoms with Gasteiger partial charge in [0.1, 0.15) is 0 Å². The van der Waals surface area contributed by atoms with Gasteiger partial charge in [0.25, 0.3) is 5.91 Å². The average Bonchev–Trinajstić information content (AvgIpc) is 3.71. The van der Waals surface area contributed by atoms with Gasteiger partial charge in [-0.15, -0.1) is 0 Å². The molecule has 0 radical (unpaired) electrons. The number of para-hydroxylation sites is 1. The zero-order chi connectivity index (χ0) is 25.2. The SMILES string of the molecule is Cc1cccc(NC(=O)N[C@@H]2N=C(C3CC3)c3cccc(C)c3N(CC(=O)C3CCCCC3)C2=O)c1. The number of hydrogen-bond donors (Lipinski definition) is 2. The Labute approximate surface area is 212 Å². The summed E-state index contributed by atoms with van der Waals surface area (Å²) in [5.74, 6) is -0.0292. The molecule has 0 bridgehead atoms. The molecule has 7 heteroatoms. The lowest BCUT2D eigenvalue weighted by Gasteiger charge is -2.29. The van der Waals surface area contributed by atoms with E-state index in [1.165, 1.54) is 0 Å². The van der Waals surface area contributed by atoms with Crippen LogP contribution in [0.5, 0.6) is 0 Å². The standard InChI is InChI=1S/C29H34N4O3/c1-18-8-6-12-22(16-18)30-29(36)32-27-28(35)33(17-24(34)20-10-4-3-5-11-20)26-19(2)9-7-13-23(26)25(31-27)21-14-15-21/h6-9,12-13,16,20-21,27H,3-5,10-11,14-15,17H2,1-2H3,(H2,30,32,36)/t27-/m0/s1. The van der Waals surface area contributed by atoms with Gasteiger partial charge in [0.15, 0.2) is 5.78 Å². The summed E-state index contributed by atoms with van der Waals surface area (Å²) in [6.07, 6.45) is 5.94. The fraction of sp³-hybridized carbons (Fsp3) is 0.448. The molecule has 3 amide bonds. The van der Waals surface area contributed by atoms with Gasteiger partial charge in [-0.25, -0.2) is 4.79 Å². The van der Waals surface area contributed by atoms with E-state index in [1.54, 1.807) is 11.0 Å². The van der Waals surface area contributed by atoms with Crippen LogP contribution in [-0.4, -0.2) is 36.1 Å². The van der Waals surface area contributed by atoms with Crippen molar-refractivity contribution in [1.29, 1.82) is 0 Å². The maximum atomic E-state index is 13.9. The number of carbonyl (C=O) groups is 3. The molecule has 2 N–H and O–H groups in total. The third-order valence-corrected chi connectivity index (χ3v) is 7.43. The zero-order valence-electron chi connectivity index (χ0n) is 21.0. The van der Waals surface area contributed by atoms with Gasteiger partial charge in [0, 0.05) is 23.1 Å². The van der Waals surface area contributed by atoms with Crippen molar-refractivity contribution < 1.29 is 14.4 Å². The van der Waals surface area contributed by atoms with Gasteiger partial charge in [0.2, 0.25) is 6.17 Å². The number of fused-ring (bicyclic) bond motifs is 1. The highest BCUT2D eigenvalue weighted by Gasteiger charge is 2.39. The van der Waals surface area contributed by atoms with Crippen LogP contribution < -0.4 is 15.5 Å². The third kappa shape index (κ3) is 5.20. The zero-order valence-corrected chi connectivity index (χ0v) is 21.0. The summed E-state index contributed by atoms with van der Waals surface area (Å²) < 4.78 is 0. The van der Waals surface area contributed by atoms with E-state index >= 15 is 0 Å². The second-order valence-corrected chi connectivity index (χ2v) is 10.4. The van der Waals surface area contributed by atoms with E-state index in [0.29, 0.717) is 5.69 Å². The summed E-state index contributed by atoms with van der Waals surface area (Å²) in [6.45, 7) is 3.92. The Morgan fingerprint density at radius 1 is 1.00 bits per heavy atom. The monoisotopic (exact) mass is 486 g/mol. The molecule has 1 aliphatic heterocycles. The first-order chi connectivity index (χ1) is 17.4. The van der Waals surface area contributed by atoms with Crippen molar-refractivity contribution in [2.24, 2.45) is 16.8 Å². The number of nitrogens with one attached hydrogen (secondary N) is 2. The smallest absolute Gasteiger partial charge is 0.308 e. The molecule has 1 heterocycles. The van der Waals surface area contributed by atoms with Crippen LogP contribution in [0.1, 0.15) is 61.6 Å². The molecule has 36 heavy (non-hydrogen) atoms. The first-order valence-corrected chi connectivity index (χ1v) is 13.1. The van der Waals surface area contributed by atoms with Gasteiger partial charge < -0.3 is 15.5 Å². The summed E-state index contributed by atoms with van der Waals surface area (Å²) in [5, 5.41) is 5.60. The number of benzodiazepines with no additional fused rings is 1. The largest absolute Gasteiger partial charge is 0.321 e. The van der Waals surface area contributed by atoms with E-state index in [9.17, 15) is 14.4 Å². The molecule has 0 spiro atoms. The van der Waals surface area contributed by atoms with Crippen molar-refractivity contribution in [3.63, 3.8) is 0 Å². The van der Waals surface area contributed by atoms with E-state index < -0.39 is 12.2 Å². The number of amides is 3. The highest BCUT2D eigenvalue weighted by atomic mass is 16.2. The lowest BCUT2D eigenvalue weighted by atomic mass is 9.86. The Bertz CT molecular complexity index is 1210. The minimum absolute atomic E-state index is 0.00645. The van der Waals surface area contributed by atoms with Crippen molar-refractivity contribution in [2.75, 3.05) is 16.8 Å². The summed E-state index contributed by atoms with van der Waals surface area (Å²) in [7, 11) is 0. The Balaban J connectivity index is 1.46. The molecule has 0 saturated heterocycles. The lowest BCUT2D eigenvalue weighted by molar-refractivity contribution is -0.126. The molecular formula is C29H34N4O3. The van der Waals surface area contributed by atoms with Crippen molar-refractivity contribution in [3.8, 4) is 0 Å². The molecule has 0 aromatic heterocycles. The van der Waals surface area contributed by atoms with Crippen LogP contribution >= 0.6 is 0 Å². The van der Waals surface area contributed by atoms with Gasteiger partial charge in [-0.3, -0.25) is 14.6 Å². The second kappa shape index (κ2) is 10.2. The van der Waals surface area contributed by atoms with Crippen LogP contribution in [0.4, 0.5) is 16.2 Å². The van der Waals surface area contributed by atoms with Gasteiger partial charge in [-0.2, -0.15) is 0 Å². The Hall–Kier alpha value is -3.48. The van der Waals surface area contributed by atoms with Crippen LogP contribution in [0.15, 0.2) is 47.5 Å². The van der Waals surface area contributed by atoms with Crippen LogP contribution in [0.25, 0.3) is 0 Å². The topological polar surface area (TPSA) is 90.9 Å². The van der Waals surface area contributed by atoms with Gasteiger partial charge in [0.05, 0.1) is 17.9 Å². The molecule has 2 aromatic rings. The Morgan fingerprint density at radius 3 is 2.47 bits per heavy atom. The number of hydrogen-bond acceptors (Lipinski definition) is 4. The number of rotatable bonds is 6. The summed E-state index contributed by atoms with van der Waals surface area (Å²) in [5.41, 5.74) is 5.08. The first-order valence-electron chi connectivity index (χ1n) is 13.1. The van der Waals surface area contributed by atoms with Crippen molar-refractivity contribution in [2.45, 2.75) is 65.0 Å². The van der Waals surface area contributed by atoms with Crippen molar-refractivity contribution >= 4 is 34.8 Å². The van der Waals surface area contributed by atoms with Gasteiger partial charge in [-0.05, 0) is 62.8 Å². The normalized spacial score (nSPS) is 20.3. The minimum atomic E-state index is -1.10. The fourth-order valence-electron chi connectivity index (χ4n) is 5.40. The first kappa shape index (κ1) is 24.2. The number of Topliss-reactive ketones (excluding diaryl/α,β-unsaturated/α-hetero) is 1. The molecule has 5 rings (SSSR count). The molecule has 2 saturated carbocycles. The summed E-state index contributed by atoms with van der Waals surface area (Å²) in [6, 6.07) is 12.9. The number of anilines is 2. The molecule has 2 aromatic carbocycles. The Morgan fingerprint density at radius 2 is 1.75 bits per heavy atom. The second-order valence-electron chi connectivity index (χ2n) is 10.4. The van der Waals surface area contributed by atoms with E-state index in [-0.39, 0.29) is 30.1 Å².